The van der Waals surface area contributed by atoms with Crippen molar-refractivity contribution in [2.24, 2.45) is 0 Å². The Balaban J connectivity index is 1.61. The standard InChI is InChI=1S/C16H23NO3/c1-2-17-9-10-19-15(11-17)16(18)12-3-5-13(6-4-12)20-14-7-8-14/h3-6,14-16,18H,2,7-11H2,1H3. The number of aliphatic hydroxyl groups is 1. The minimum Gasteiger partial charge on any atom is -0.490 e. The highest BCUT2D eigenvalue weighted by Gasteiger charge is 2.27. The summed E-state index contributed by atoms with van der Waals surface area (Å²) in [5.74, 6) is 0.892. The summed E-state index contributed by atoms with van der Waals surface area (Å²) >= 11 is 0. The van der Waals surface area contributed by atoms with E-state index in [9.17, 15) is 5.11 Å². The summed E-state index contributed by atoms with van der Waals surface area (Å²) in [5.41, 5.74) is 0.899. The van der Waals surface area contributed by atoms with E-state index in [1.165, 1.54) is 0 Å². The molecule has 1 aliphatic heterocycles. The lowest BCUT2D eigenvalue weighted by atomic mass is 10.0. The summed E-state index contributed by atoms with van der Waals surface area (Å²) in [6.07, 6.45) is 2.02. The fourth-order valence-electron chi connectivity index (χ4n) is 2.55. The van der Waals surface area contributed by atoms with E-state index in [4.69, 9.17) is 9.47 Å². The fourth-order valence-corrected chi connectivity index (χ4v) is 2.55. The van der Waals surface area contributed by atoms with Crippen LogP contribution in [0.25, 0.3) is 0 Å². The first kappa shape index (κ1) is 13.9. The van der Waals surface area contributed by atoms with E-state index in [-0.39, 0.29) is 6.10 Å². The molecule has 0 bridgehead atoms. The Morgan fingerprint density at radius 3 is 2.75 bits per heavy atom. The predicted octanol–water partition coefficient (Wildman–Crippen LogP) is 1.98. The number of benzene rings is 1. The minimum absolute atomic E-state index is 0.140. The Hall–Kier alpha value is -1.10. The Morgan fingerprint density at radius 1 is 1.35 bits per heavy atom. The van der Waals surface area contributed by atoms with E-state index in [2.05, 4.69) is 11.8 Å². The highest BCUT2D eigenvalue weighted by atomic mass is 16.5. The zero-order valence-electron chi connectivity index (χ0n) is 12.0. The normalized spacial score (nSPS) is 25.4. The van der Waals surface area contributed by atoms with Crippen LogP contribution in [-0.2, 0) is 4.74 Å². The number of aliphatic hydroxyl groups excluding tert-OH is 1. The second-order valence-electron chi connectivity index (χ2n) is 5.63. The average molecular weight is 277 g/mol. The molecule has 20 heavy (non-hydrogen) atoms. The van der Waals surface area contributed by atoms with Gasteiger partial charge in [0.2, 0.25) is 0 Å². The highest BCUT2D eigenvalue weighted by molar-refractivity contribution is 5.29. The fraction of sp³-hybridized carbons (Fsp3) is 0.625. The average Bonchev–Trinajstić information content (AvgIpc) is 3.31. The molecule has 2 aliphatic rings. The van der Waals surface area contributed by atoms with Gasteiger partial charge < -0.3 is 14.6 Å². The molecule has 0 radical (unpaired) electrons. The van der Waals surface area contributed by atoms with E-state index in [1.807, 2.05) is 24.3 Å². The van der Waals surface area contributed by atoms with Crippen molar-refractivity contribution in [3.8, 4) is 5.75 Å². The molecule has 0 aromatic heterocycles. The van der Waals surface area contributed by atoms with Gasteiger partial charge in [0.15, 0.2) is 0 Å². The van der Waals surface area contributed by atoms with Gasteiger partial charge in [0.25, 0.3) is 0 Å². The van der Waals surface area contributed by atoms with Crippen molar-refractivity contribution < 1.29 is 14.6 Å². The maximum absolute atomic E-state index is 10.5. The van der Waals surface area contributed by atoms with Crippen molar-refractivity contribution in [3.63, 3.8) is 0 Å². The SMILES string of the molecule is CCN1CCOC(C(O)c2ccc(OC3CC3)cc2)C1. The number of morpholine rings is 1. The summed E-state index contributed by atoms with van der Waals surface area (Å²) in [4.78, 5) is 2.31. The van der Waals surface area contributed by atoms with Crippen LogP contribution >= 0.6 is 0 Å². The van der Waals surface area contributed by atoms with Crippen molar-refractivity contribution in [2.45, 2.75) is 38.1 Å². The third kappa shape index (κ3) is 3.32. The first-order valence-corrected chi connectivity index (χ1v) is 7.55. The first-order valence-electron chi connectivity index (χ1n) is 7.55. The van der Waals surface area contributed by atoms with Gasteiger partial charge in [0.05, 0.1) is 12.7 Å². The third-order valence-electron chi connectivity index (χ3n) is 4.03. The van der Waals surface area contributed by atoms with E-state index in [0.717, 1.165) is 43.8 Å². The zero-order chi connectivity index (χ0) is 13.9. The van der Waals surface area contributed by atoms with Gasteiger partial charge >= 0.3 is 0 Å². The maximum Gasteiger partial charge on any atom is 0.119 e. The number of nitrogens with zero attached hydrogens (tertiary/aromatic N) is 1. The second-order valence-corrected chi connectivity index (χ2v) is 5.63. The number of hydrogen-bond donors (Lipinski definition) is 1. The Labute approximate surface area is 120 Å². The van der Waals surface area contributed by atoms with Gasteiger partial charge in [-0.25, -0.2) is 0 Å². The van der Waals surface area contributed by atoms with Gasteiger partial charge in [-0.2, -0.15) is 0 Å². The number of ether oxygens (including phenoxy) is 2. The maximum atomic E-state index is 10.5. The summed E-state index contributed by atoms with van der Waals surface area (Å²) in [5, 5.41) is 10.5. The molecule has 2 fully saturated rings. The lowest BCUT2D eigenvalue weighted by molar-refractivity contribution is -0.0888. The van der Waals surface area contributed by atoms with E-state index in [0.29, 0.717) is 12.7 Å². The van der Waals surface area contributed by atoms with Crippen LogP contribution in [0, 0.1) is 0 Å². The van der Waals surface area contributed by atoms with Gasteiger partial charge in [-0.3, -0.25) is 4.90 Å². The molecule has 2 atom stereocenters. The van der Waals surface area contributed by atoms with Crippen LogP contribution in [0.15, 0.2) is 24.3 Å². The van der Waals surface area contributed by atoms with Gasteiger partial charge in [0, 0.05) is 13.1 Å². The molecular weight excluding hydrogens is 254 g/mol. The molecule has 1 aliphatic carbocycles. The first-order chi connectivity index (χ1) is 9.76. The molecule has 1 saturated heterocycles. The van der Waals surface area contributed by atoms with Crippen LogP contribution in [0.3, 0.4) is 0 Å². The number of rotatable bonds is 5. The van der Waals surface area contributed by atoms with Gasteiger partial charge in [0.1, 0.15) is 18.0 Å². The molecule has 4 nitrogen and oxygen atoms in total. The van der Waals surface area contributed by atoms with Crippen LogP contribution in [0.1, 0.15) is 31.4 Å². The summed E-state index contributed by atoms with van der Waals surface area (Å²) in [6, 6.07) is 7.77. The lowest BCUT2D eigenvalue weighted by Gasteiger charge is -2.34. The third-order valence-corrected chi connectivity index (χ3v) is 4.03. The molecule has 0 spiro atoms. The molecule has 1 saturated carbocycles. The van der Waals surface area contributed by atoms with Crippen molar-refractivity contribution in [1.29, 1.82) is 0 Å². The van der Waals surface area contributed by atoms with Crippen LogP contribution in [0.4, 0.5) is 0 Å². The van der Waals surface area contributed by atoms with Gasteiger partial charge in [-0.05, 0) is 37.1 Å². The van der Waals surface area contributed by atoms with E-state index >= 15 is 0 Å². The van der Waals surface area contributed by atoms with Crippen LogP contribution in [0.5, 0.6) is 5.75 Å². The molecule has 110 valence electrons. The van der Waals surface area contributed by atoms with Gasteiger partial charge in [-0.15, -0.1) is 0 Å². The van der Waals surface area contributed by atoms with Crippen LogP contribution in [-0.4, -0.2) is 48.5 Å². The Bertz CT molecular complexity index is 430. The van der Waals surface area contributed by atoms with Crippen molar-refractivity contribution >= 4 is 0 Å². The van der Waals surface area contributed by atoms with Gasteiger partial charge in [-0.1, -0.05) is 19.1 Å². The molecule has 3 rings (SSSR count). The number of likely N-dealkylation sites (N-methyl/N-ethyl adjacent to an activating group) is 1. The second kappa shape index (κ2) is 6.12. The quantitative estimate of drug-likeness (QED) is 0.893. The monoisotopic (exact) mass is 277 g/mol. The Kier molecular flexibility index (Phi) is 4.24. The molecule has 0 amide bonds. The molecule has 1 heterocycles. The summed E-state index contributed by atoms with van der Waals surface area (Å²) < 4.78 is 11.4. The van der Waals surface area contributed by atoms with Crippen molar-refractivity contribution in [3.05, 3.63) is 29.8 Å². The zero-order valence-corrected chi connectivity index (χ0v) is 12.0. The van der Waals surface area contributed by atoms with Crippen molar-refractivity contribution in [1.82, 2.24) is 4.90 Å². The van der Waals surface area contributed by atoms with Crippen molar-refractivity contribution in [2.75, 3.05) is 26.2 Å². The summed E-state index contributed by atoms with van der Waals surface area (Å²) in [7, 11) is 0. The highest BCUT2D eigenvalue weighted by Crippen LogP contribution is 2.28. The van der Waals surface area contributed by atoms with Crippen LogP contribution < -0.4 is 4.74 Å². The lowest BCUT2D eigenvalue weighted by Crippen LogP contribution is -2.44. The molecule has 2 unspecified atom stereocenters. The largest absolute Gasteiger partial charge is 0.490 e. The smallest absolute Gasteiger partial charge is 0.119 e. The molecule has 1 aromatic carbocycles. The minimum atomic E-state index is -0.570. The molecular formula is C16H23NO3. The summed E-state index contributed by atoms with van der Waals surface area (Å²) in [6.45, 7) is 5.57. The van der Waals surface area contributed by atoms with E-state index in [1.54, 1.807) is 0 Å². The molecule has 4 heteroatoms. The predicted molar refractivity (Wildman–Crippen MR) is 76.9 cm³/mol. The molecule has 1 aromatic rings. The van der Waals surface area contributed by atoms with Crippen LogP contribution in [0.2, 0.25) is 0 Å². The topological polar surface area (TPSA) is 41.9 Å². The Morgan fingerprint density at radius 2 is 2.10 bits per heavy atom. The number of hydrogen-bond acceptors (Lipinski definition) is 4. The van der Waals surface area contributed by atoms with E-state index < -0.39 is 6.10 Å². The molecule has 1 N–H and O–H groups in total.